The van der Waals surface area contributed by atoms with Gasteiger partial charge in [0.25, 0.3) is 0 Å². The minimum atomic E-state index is 0.372. The summed E-state index contributed by atoms with van der Waals surface area (Å²) in [7, 11) is 0. The molecule has 0 saturated heterocycles. The molecule has 0 aliphatic heterocycles. The van der Waals surface area contributed by atoms with E-state index < -0.39 is 0 Å². The summed E-state index contributed by atoms with van der Waals surface area (Å²) in [6, 6.07) is 5.20. The summed E-state index contributed by atoms with van der Waals surface area (Å²) in [6.45, 7) is 0.372. The van der Waals surface area contributed by atoms with Crippen molar-refractivity contribution in [2.45, 2.75) is 0 Å². The number of halogens is 2. The van der Waals surface area contributed by atoms with E-state index in [-0.39, 0.29) is 0 Å². The molecule has 0 spiro atoms. The largest absolute Gasteiger partial charge is 0.373 e. The molecule has 0 amide bonds. The van der Waals surface area contributed by atoms with Crippen molar-refractivity contribution in [1.82, 2.24) is 0 Å². The Hall–Kier alpha value is -0.440. The van der Waals surface area contributed by atoms with Gasteiger partial charge in [-0.1, -0.05) is 23.2 Å². The zero-order chi connectivity index (χ0) is 8.27. The highest BCUT2D eigenvalue weighted by Crippen LogP contribution is 2.21. The number of hydrogen-bond acceptors (Lipinski definition) is 2. The quantitative estimate of drug-likeness (QED) is 0.704. The Labute approximate surface area is 75.3 Å². The van der Waals surface area contributed by atoms with Crippen molar-refractivity contribution >= 4 is 28.9 Å². The highest BCUT2D eigenvalue weighted by Gasteiger charge is 1.95. The highest BCUT2D eigenvalue weighted by atomic mass is 35.5. The van der Waals surface area contributed by atoms with Crippen LogP contribution in [-0.2, 0) is 0 Å². The number of nitrogens with one attached hydrogen (secondary N) is 1. The van der Waals surface area contributed by atoms with Gasteiger partial charge >= 0.3 is 0 Å². The lowest BCUT2D eigenvalue weighted by atomic mass is 10.3. The van der Waals surface area contributed by atoms with Crippen molar-refractivity contribution in [3.63, 3.8) is 0 Å². The van der Waals surface area contributed by atoms with E-state index in [1.165, 1.54) is 0 Å². The zero-order valence-corrected chi connectivity index (χ0v) is 7.28. The second-order valence-corrected chi connectivity index (χ2v) is 2.91. The smallest absolute Gasteiger partial charge is 0.0628 e. The molecule has 3 N–H and O–H groups in total. The third-order valence-electron chi connectivity index (χ3n) is 1.17. The molecule has 0 heterocycles. The van der Waals surface area contributed by atoms with Crippen molar-refractivity contribution in [3.05, 3.63) is 28.2 Å². The molecule has 0 radical (unpaired) electrons. The molecule has 1 aromatic rings. The molecule has 0 fully saturated rings. The lowest BCUT2D eigenvalue weighted by Gasteiger charge is -2.03. The van der Waals surface area contributed by atoms with Crippen LogP contribution in [-0.4, -0.2) is 6.67 Å². The molecular formula is C7H8Cl2N2. The van der Waals surface area contributed by atoms with E-state index in [4.69, 9.17) is 28.9 Å². The molecule has 0 aromatic heterocycles. The van der Waals surface area contributed by atoms with Crippen molar-refractivity contribution in [3.8, 4) is 0 Å². The standard InChI is InChI=1S/C7H8Cl2N2/c8-5-1-6(9)3-7(2-5)11-4-10/h1-3,11H,4,10H2. The van der Waals surface area contributed by atoms with Gasteiger partial charge in [0.1, 0.15) is 0 Å². The van der Waals surface area contributed by atoms with Gasteiger partial charge in [0.2, 0.25) is 0 Å². The highest BCUT2D eigenvalue weighted by molar-refractivity contribution is 6.35. The monoisotopic (exact) mass is 190 g/mol. The van der Waals surface area contributed by atoms with Crippen LogP contribution in [0.2, 0.25) is 10.0 Å². The molecule has 2 nitrogen and oxygen atoms in total. The van der Waals surface area contributed by atoms with E-state index >= 15 is 0 Å². The van der Waals surface area contributed by atoms with E-state index in [0.717, 1.165) is 5.69 Å². The molecule has 0 unspecified atom stereocenters. The van der Waals surface area contributed by atoms with Gasteiger partial charge in [0, 0.05) is 15.7 Å². The number of hydrogen-bond donors (Lipinski definition) is 2. The van der Waals surface area contributed by atoms with Gasteiger partial charge in [-0.15, -0.1) is 0 Å². The summed E-state index contributed by atoms with van der Waals surface area (Å²) in [5.74, 6) is 0. The minimum absolute atomic E-state index is 0.372. The predicted molar refractivity (Wildman–Crippen MR) is 49.1 cm³/mol. The Balaban J connectivity index is 2.89. The van der Waals surface area contributed by atoms with Crippen LogP contribution >= 0.6 is 23.2 Å². The first-order valence-electron chi connectivity index (χ1n) is 3.12. The third kappa shape index (κ3) is 2.58. The summed E-state index contributed by atoms with van der Waals surface area (Å²) in [6.07, 6.45) is 0. The maximum Gasteiger partial charge on any atom is 0.0628 e. The Kier molecular flexibility index (Phi) is 3.00. The van der Waals surface area contributed by atoms with Gasteiger partial charge in [0.15, 0.2) is 0 Å². The first-order valence-corrected chi connectivity index (χ1v) is 3.88. The van der Waals surface area contributed by atoms with Gasteiger partial charge in [-0.3, -0.25) is 0 Å². The minimum Gasteiger partial charge on any atom is -0.373 e. The van der Waals surface area contributed by atoms with Crippen LogP contribution in [0.1, 0.15) is 0 Å². The summed E-state index contributed by atoms with van der Waals surface area (Å²) < 4.78 is 0. The zero-order valence-electron chi connectivity index (χ0n) is 5.77. The molecule has 0 aliphatic rings. The molecule has 1 rings (SSSR count). The molecular weight excluding hydrogens is 183 g/mol. The summed E-state index contributed by atoms with van der Waals surface area (Å²) >= 11 is 11.4. The van der Waals surface area contributed by atoms with Gasteiger partial charge in [-0.25, -0.2) is 0 Å². The predicted octanol–water partition coefficient (Wildman–Crippen LogP) is 2.32. The molecule has 60 valence electrons. The van der Waals surface area contributed by atoms with Crippen LogP contribution in [0.5, 0.6) is 0 Å². The van der Waals surface area contributed by atoms with E-state index in [9.17, 15) is 0 Å². The molecule has 0 aliphatic carbocycles. The van der Waals surface area contributed by atoms with Crippen molar-refractivity contribution in [2.24, 2.45) is 5.73 Å². The molecule has 11 heavy (non-hydrogen) atoms. The molecule has 0 saturated carbocycles. The molecule has 0 atom stereocenters. The SMILES string of the molecule is NCNc1cc(Cl)cc(Cl)c1. The number of rotatable bonds is 2. The second-order valence-electron chi connectivity index (χ2n) is 2.04. The van der Waals surface area contributed by atoms with E-state index in [0.29, 0.717) is 16.7 Å². The van der Waals surface area contributed by atoms with Crippen LogP contribution in [0.4, 0.5) is 5.69 Å². The summed E-state index contributed by atoms with van der Waals surface area (Å²) in [4.78, 5) is 0. The van der Waals surface area contributed by atoms with Crippen LogP contribution in [0.3, 0.4) is 0 Å². The van der Waals surface area contributed by atoms with E-state index in [1.807, 2.05) is 0 Å². The fourth-order valence-electron chi connectivity index (χ4n) is 0.774. The first kappa shape index (κ1) is 8.65. The van der Waals surface area contributed by atoms with E-state index in [2.05, 4.69) is 5.32 Å². The van der Waals surface area contributed by atoms with Crippen molar-refractivity contribution in [1.29, 1.82) is 0 Å². The van der Waals surface area contributed by atoms with Crippen LogP contribution in [0.25, 0.3) is 0 Å². The second kappa shape index (κ2) is 3.81. The Morgan fingerprint density at radius 1 is 1.18 bits per heavy atom. The third-order valence-corrected chi connectivity index (χ3v) is 1.61. The topological polar surface area (TPSA) is 38.0 Å². The average Bonchev–Trinajstić information content (AvgIpc) is 1.85. The summed E-state index contributed by atoms with van der Waals surface area (Å²) in [5.41, 5.74) is 6.10. The molecule has 4 heteroatoms. The van der Waals surface area contributed by atoms with Crippen LogP contribution < -0.4 is 11.1 Å². The first-order chi connectivity index (χ1) is 5.22. The Bertz CT molecular complexity index is 230. The molecule has 1 aromatic carbocycles. The maximum atomic E-state index is 5.72. The lowest BCUT2D eigenvalue weighted by Crippen LogP contribution is -2.10. The average molecular weight is 191 g/mol. The van der Waals surface area contributed by atoms with E-state index in [1.54, 1.807) is 18.2 Å². The number of nitrogens with two attached hydrogens (primary N) is 1. The maximum absolute atomic E-state index is 5.72. The fraction of sp³-hybridized carbons (Fsp3) is 0.143. The lowest BCUT2D eigenvalue weighted by molar-refractivity contribution is 1.14. The van der Waals surface area contributed by atoms with Gasteiger partial charge in [-0.2, -0.15) is 0 Å². The summed E-state index contributed by atoms with van der Waals surface area (Å²) in [5, 5.41) is 4.11. The van der Waals surface area contributed by atoms with Crippen molar-refractivity contribution in [2.75, 3.05) is 12.0 Å². The van der Waals surface area contributed by atoms with Crippen molar-refractivity contribution < 1.29 is 0 Å². The fourth-order valence-corrected chi connectivity index (χ4v) is 1.30. The van der Waals surface area contributed by atoms with Crippen LogP contribution in [0.15, 0.2) is 18.2 Å². The molecule has 0 bridgehead atoms. The van der Waals surface area contributed by atoms with Crippen LogP contribution in [0, 0.1) is 0 Å². The van der Waals surface area contributed by atoms with Gasteiger partial charge < -0.3 is 11.1 Å². The number of benzene rings is 1. The van der Waals surface area contributed by atoms with Gasteiger partial charge in [0.05, 0.1) is 6.67 Å². The van der Waals surface area contributed by atoms with Gasteiger partial charge in [-0.05, 0) is 18.2 Å². The normalized spacial score (nSPS) is 9.73. The Morgan fingerprint density at radius 2 is 1.73 bits per heavy atom. The number of anilines is 1. The Morgan fingerprint density at radius 3 is 2.18 bits per heavy atom.